The second-order valence-electron chi connectivity index (χ2n) is 13.9. The van der Waals surface area contributed by atoms with E-state index in [1.54, 1.807) is 0 Å². The van der Waals surface area contributed by atoms with Crippen LogP contribution in [0.1, 0.15) is 112 Å². The number of allylic oxidation sites excluding steroid dienone is 2. The molecule has 2 aromatic carbocycles. The van der Waals surface area contributed by atoms with Crippen molar-refractivity contribution >= 4 is 17.3 Å². The van der Waals surface area contributed by atoms with Gasteiger partial charge in [0.1, 0.15) is 0 Å². The van der Waals surface area contributed by atoms with E-state index < -0.39 is 5.41 Å². The Hall–Kier alpha value is -3.25. The number of benzene rings is 2. The largest absolute Gasteiger partial charge is 0.294 e. The molecule has 3 nitrogen and oxygen atoms in total. The Kier molecular flexibility index (Phi) is 6.65. The van der Waals surface area contributed by atoms with E-state index in [0.29, 0.717) is 12.0 Å². The Morgan fingerprint density at radius 2 is 1.65 bits per heavy atom. The van der Waals surface area contributed by atoms with Crippen LogP contribution in [-0.2, 0) is 16.0 Å². The van der Waals surface area contributed by atoms with Gasteiger partial charge in [0.15, 0.2) is 17.3 Å². The molecule has 3 heteroatoms. The van der Waals surface area contributed by atoms with Gasteiger partial charge in [-0.1, -0.05) is 77.2 Å². The Morgan fingerprint density at radius 3 is 2.25 bits per heavy atom. The first-order valence-electron chi connectivity index (χ1n) is 14.7. The lowest BCUT2D eigenvalue weighted by Gasteiger charge is -2.64. The molecule has 0 spiro atoms. The summed E-state index contributed by atoms with van der Waals surface area (Å²) >= 11 is 0. The topological polar surface area (TPSA) is 51.2 Å². The van der Waals surface area contributed by atoms with Crippen molar-refractivity contribution in [2.45, 2.75) is 87.5 Å². The van der Waals surface area contributed by atoms with Gasteiger partial charge in [-0.2, -0.15) is 0 Å². The van der Waals surface area contributed by atoms with Gasteiger partial charge in [-0.3, -0.25) is 14.4 Å². The molecule has 0 heterocycles. The highest BCUT2D eigenvalue weighted by molar-refractivity contribution is 6.23. The van der Waals surface area contributed by atoms with Crippen molar-refractivity contribution in [1.82, 2.24) is 0 Å². The molecule has 0 aromatic heterocycles. The second kappa shape index (κ2) is 9.41. The normalized spacial score (nSPS) is 31.2. The maximum atomic E-state index is 14.8. The molecule has 5 rings (SSSR count). The molecular weight excluding hydrogens is 492 g/mol. The predicted octanol–water partition coefficient (Wildman–Crippen LogP) is 7.81. The minimum Gasteiger partial charge on any atom is -0.294 e. The number of hydrogen-bond donors (Lipinski definition) is 0. The van der Waals surface area contributed by atoms with Crippen LogP contribution in [0, 0.1) is 46.8 Å². The molecule has 2 aromatic rings. The summed E-state index contributed by atoms with van der Waals surface area (Å²) in [6.45, 7) is 18.5. The summed E-state index contributed by atoms with van der Waals surface area (Å²) in [5.41, 5.74) is 5.82. The summed E-state index contributed by atoms with van der Waals surface area (Å²) in [5, 5.41) is 0. The zero-order valence-corrected chi connectivity index (χ0v) is 25.5. The van der Waals surface area contributed by atoms with Crippen LogP contribution in [-0.4, -0.2) is 17.3 Å². The third-order valence-corrected chi connectivity index (χ3v) is 10.9. The van der Waals surface area contributed by atoms with Crippen LogP contribution in [0.3, 0.4) is 0 Å². The molecule has 1 saturated carbocycles. The highest BCUT2D eigenvalue weighted by atomic mass is 16.2. The van der Waals surface area contributed by atoms with Crippen molar-refractivity contribution in [3.63, 3.8) is 0 Å². The van der Waals surface area contributed by atoms with Gasteiger partial charge < -0.3 is 0 Å². The van der Waals surface area contributed by atoms with Gasteiger partial charge in [0.2, 0.25) is 0 Å². The van der Waals surface area contributed by atoms with Crippen LogP contribution >= 0.6 is 0 Å². The van der Waals surface area contributed by atoms with Gasteiger partial charge in [-0.15, -0.1) is 0 Å². The predicted molar refractivity (Wildman–Crippen MR) is 160 cm³/mol. The number of ketones is 3. The van der Waals surface area contributed by atoms with Crippen LogP contribution < -0.4 is 0 Å². The van der Waals surface area contributed by atoms with Crippen molar-refractivity contribution in [2.75, 3.05) is 0 Å². The maximum absolute atomic E-state index is 14.8. The number of carbonyl (C=O) groups is 3. The fraction of sp³-hybridized carbons (Fsp3) is 0.486. The van der Waals surface area contributed by atoms with Crippen molar-refractivity contribution in [2.24, 2.45) is 28.1 Å². The highest BCUT2D eigenvalue weighted by Gasteiger charge is 2.67. The lowest BCUT2D eigenvalue weighted by molar-refractivity contribution is -0.159. The van der Waals surface area contributed by atoms with Gasteiger partial charge in [0.25, 0.3) is 0 Å². The fourth-order valence-electron chi connectivity index (χ4n) is 8.95. The highest BCUT2D eigenvalue weighted by Crippen LogP contribution is 2.68. The minimum atomic E-state index is -0.787. The van der Waals surface area contributed by atoms with Gasteiger partial charge in [-0.05, 0) is 97.6 Å². The van der Waals surface area contributed by atoms with Crippen molar-refractivity contribution in [3.8, 4) is 11.8 Å². The first-order chi connectivity index (χ1) is 18.7. The van der Waals surface area contributed by atoms with Gasteiger partial charge in [0, 0.05) is 28.0 Å². The first kappa shape index (κ1) is 28.3. The van der Waals surface area contributed by atoms with E-state index in [1.807, 2.05) is 51.1 Å². The lowest BCUT2D eigenvalue weighted by atomic mass is 9.37. The molecule has 5 unspecified atom stereocenters. The van der Waals surface area contributed by atoms with Crippen molar-refractivity contribution in [1.29, 1.82) is 0 Å². The summed E-state index contributed by atoms with van der Waals surface area (Å²) in [6, 6.07) is 12.1. The smallest absolute Gasteiger partial charge is 0.173 e. The molecule has 0 N–H and O–H groups in total. The molecule has 0 radical (unpaired) electrons. The van der Waals surface area contributed by atoms with E-state index in [1.165, 1.54) is 18.1 Å². The quantitative estimate of drug-likeness (QED) is 0.292. The minimum absolute atomic E-state index is 0.0681. The molecule has 0 amide bonds. The SMILES string of the molecule is CC(=O)C1=C(C)CC2(C)CC3(C)Cc4c(C(C)C)cc(C#Cc5ccccc5)c(C)c4C(=O)C3C(C)C2(C)C1=O. The lowest BCUT2D eigenvalue weighted by Crippen LogP contribution is -2.64. The molecule has 0 aliphatic heterocycles. The van der Waals surface area contributed by atoms with E-state index in [0.717, 1.165) is 40.7 Å². The van der Waals surface area contributed by atoms with Crippen LogP contribution in [0.4, 0.5) is 0 Å². The van der Waals surface area contributed by atoms with E-state index in [2.05, 4.69) is 52.5 Å². The first-order valence-corrected chi connectivity index (χ1v) is 14.7. The van der Waals surface area contributed by atoms with Crippen LogP contribution in [0.15, 0.2) is 47.5 Å². The van der Waals surface area contributed by atoms with Crippen LogP contribution in [0.25, 0.3) is 0 Å². The fourth-order valence-corrected chi connectivity index (χ4v) is 8.95. The van der Waals surface area contributed by atoms with Crippen LogP contribution in [0.2, 0.25) is 0 Å². The summed E-state index contributed by atoms with van der Waals surface area (Å²) in [7, 11) is 0. The average Bonchev–Trinajstić information content (AvgIpc) is 2.85. The maximum Gasteiger partial charge on any atom is 0.173 e. The Labute approximate surface area is 239 Å². The average molecular weight is 535 g/mol. The molecular formula is C37H42O3. The molecule has 3 aliphatic carbocycles. The molecule has 208 valence electrons. The number of carbonyl (C=O) groups excluding carboxylic acids is 3. The monoisotopic (exact) mass is 534 g/mol. The summed E-state index contributed by atoms with van der Waals surface area (Å²) in [6.07, 6.45) is 2.30. The zero-order chi connectivity index (χ0) is 29.4. The van der Waals surface area contributed by atoms with Gasteiger partial charge in [-0.25, -0.2) is 0 Å². The second-order valence-corrected chi connectivity index (χ2v) is 13.9. The summed E-state index contributed by atoms with van der Waals surface area (Å²) in [4.78, 5) is 41.5. The molecule has 0 bridgehead atoms. The molecule has 40 heavy (non-hydrogen) atoms. The third-order valence-electron chi connectivity index (χ3n) is 10.9. The van der Waals surface area contributed by atoms with E-state index in [-0.39, 0.29) is 45.9 Å². The summed E-state index contributed by atoms with van der Waals surface area (Å²) < 4.78 is 0. The van der Waals surface area contributed by atoms with E-state index in [4.69, 9.17) is 0 Å². The third kappa shape index (κ3) is 3.90. The van der Waals surface area contributed by atoms with Crippen molar-refractivity contribution < 1.29 is 14.4 Å². The van der Waals surface area contributed by atoms with E-state index >= 15 is 0 Å². The zero-order valence-electron chi connectivity index (χ0n) is 25.5. The Balaban J connectivity index is 1.69. The molecule has 0 saturated heterocycles. The van der Waals surface area contributed by atoms with Crippen LogP contribution in [0.5, 0.6) is 0 Å². The number of Topliss-reactive ketones (excluding diaryl/α,β-unsaturated/α-hetero) is 3. The van der Waals surface area contributed by atoms with Crippen molar-refractivity contribution in [3.05, 3.63) is 80.9 Å². The molecule has 3 aliphatic rings. The number of hydrogen-bond acceptors (Lipinski definition) is 3. The van der Waals surface area contributed by atoms with Gasteiger partial charge >= 0.3 is 0 Å². The number of fused-ring (bicyclic) bond motifs is 3. The van der Waals surface area contributed by atoms with E-state index in [9.17, 15) is 14.4 Å². The Morgan fingerprint density at radius 1 is 1.00 bits per heavy atom. The standard InChI is InChI=1S/C37H42O3/c1-21(2)28-17-27(16-15-26-13-11-10-12-14-26)23(4)31-29(28)19-35(7)20-36(8)18-22(3)30(25(6)38)34(40)37(36,9)24(5)32(35)33(31)39/h10-14,17,21,24,32H,18-20H2,1-9H3. The molecule has 1 fully saturated rings. The summed E-state index contributed by atoms with van der Waals surface area (Å²) in [5.74, 6) is 6.33. The molecule has 5 atom stereocenters. The van der Waals surface area contributed by atoms with Gasteiger partial charge in [0.05, 0.1) is 5.57 Å². The number of rotatable bonds is 2. The Bertz CT molecular complexity index is 1550.